The van der Waals surface area contributed by atoms with E-state index in [0.717, 1.165) is 24.2 Å². The molecule has 1 atom stereocenters. The molecule has 7 heteroatoms. The molecule has 2 aliphatic rings. The summed E-state index contributed by atoms with van der Waals surface area (Å²) in [5.74, 6) is 0.692. The first-order chi connectivity index (χ1) is 15.6. The number of carbonyl (C=O) groups excluding carboxylic acids is 2. The van der Waals surface area contributed by atoms with E-state index in [1.165, 1.54) is 5.56 Å². The third kappa shape index (κ3) is 4.72. The number of piperazine rings is 1. The summed E-state index contributed by atoms with van der Waals surface area (Å²) in [7, 11) is 0. The van der Waals surface area contributed by atoms with Crippen molar-refractivity contribution in [3.8, 4) is 5.75 Å². The fourth-order valence-corrected chi connectivity index (χ4v) is 4.60. The van der Waals surface area contributed by atoms with E-state index in [2.05, 4.69) is 22.8 Å². The van der Waals surface area contributed by atoms with Gasteiger partial charge in [-0.05, 0) is 43.0 Å². The van der Waals surface area contributed by atoms with Crippen LogP contribution >= 0.6 is 0 Å². The van der Waals surface area contributed by atoms with E-state index in [1.807, 2.05) is 49.4 Å². The summed E-state index contributed by atoms with van der Waals surface area (Å²) in [5.41, 5.74) is 1.77. The van der Waals surface area contributed by atoms with Crippen molar-refractivity contribution < 1.29 is 19.1 Å². The van der Waals surface area contributed by atoms with E-state index in [4.69, 9.17) is 9.47 Å². The molecular formula is C25H31N3O4. The topological polar surface area (TPSA) is 79.9 Å². The molecular weight excluding hydrogens is 406 g/mol. The lowest BCUT2D eigenvalue weighted by molar-refractivity contribution is -0.127. The van der Waals surface area contributed by atoms with Crippen molar-refractivity contribution in [2.75, 3.05) is 39.5 Å². The molecule has 0 aliphatic carbocycles. The van der Waals surface area contributed by atoms with Crippen LogP contribution in [0.4, 0.5) is 4.79 Å². The second-order valence-corrected chi connectivity index (χ2v) is 8.31. The Balaban J connectivity index is 1.51. The summed E-state index contributed by atoms with van der Waals surface area (Å²) >= 11 is 0. The number of hydrogen-bond acceptors (Lipinski definition) is 4. The molecule has 4 rings (SSSR count). The predicted octanol–water partition coefficient (Wildman–Crippen LogP) is 3.02. The fourth-order valence-electron chi connectivity index (χ4n) is 4.60. The molecule has 2 aromatic rings. The summed E-state index contributed by atoms with van der Waals surface area (Å²) in [4.78, 5) is 27.5. The molecule has 7 nitrogen and oxygen atoms in total. The minimum absolute atomic E-state index is 0.148. The Bertz CT molecular complexity index is 911. The Morgan fingerprint density at radius 1 is 1.16 bits per heavy atom. The van der Waals surface area contributed by atoms with Crippen LogP contribution in [-0.2, 0) is 14.9 Å². The highest BCUT2D eigenvalue weighted by Gasteiger charge is 2.38. The molecule has 0 aromatic heterocycles. The van der Waals surface area contributed by atoms with Gasteiger partial charge in [-0.15, -0.1) is 0 Å². The van der Waals surface area contributed by atoms with Gasteiger partial charge in [0.2, 0.25) is 5.91 Å². The minimum Gasteiger partial charge on any atom is -0.494 e. The van der Waals surface area contributed by atoms with E-state index in [-0.39, 0.29) is 17.4 Å². The van der Waals surface area contributed by atoms with Crippen LogP contribution in [0.15, 0.2) is 54.6 Å². The SMILES string of the molecule is CCOc1ccc(C2(CNC(=O)N3CCNC(=O)C3c3ccccc3)CCOCC2)cc1. The first-order valence-electron chi connectivity index (χ1n) is 11.3. The Hall–Kier alpha value is -3.06. The van der Waals surface area contributed by atoms with Crippen LogP contribution in [0.25, 0.3) is 0 Å². The van der Waals surface area contributed by atoms with Crippen LogP contribution in [0.2, 0.25) is 0 Å². The molecule has 2 aliphatic heterocycles. The maximum Gasteiger partial charge on any atom is 0.318 e. The number of urea groups is 1. The van der Waals surface area contributed by atoms with Crippen LogP contribution in [0.3, 0.4) is 0 Å². The number of nitrogens with zero attached hydrogens (tertiary/aromatic N) is 1. The Morgan fingerprint density at radius 3 is 2.56 bits per heavy atom. The second-order valence-electron chi connectivity index (χ2n) is 8.31. The molecule has 1 unspecified atom stereocenters. The number of amides is 3. The molecule has 2 heterocycles. The van der Waals surface area contributed by atoms with Crippen LogP contribution in [-0.4, -0.2) is 56.3 Å². The largest absolute Gasteiger partial charge is 0.494 e. The highest BCUT2D eigenvalue weighted by molar-refractivity contribution is 5.89. The average Bonchev–Trinajstić information content (AvgIpc) is 2.84. The number of carbonyl (C=O) groups is 2. The Morgan fingerprint density at radius 2 is 1.88 bits per heavy atom. The third-order valence-corrected chi connectivity index (χ3v) is 6.39. The first kappa shape index (κ1) is 22.1. The van der Waals surface area contributed by atoms with Gasteiger partial charge in [-0.1, -0.05) is 42.5 Å². The average molecular weight is 438 g/mol. The van der Waals surface area contributed by atoms with Gasteiger partial charge in [0.15, 0.2) is 0 Å². The van der Waals surface area contributed by atoms with E-state index in [0.29, 0.717) is 39.5 Å². The molecule has 2 N–H and O–H groups in total. The lowest BCUT2D eigenvalue weighted by Gasteiger charge is -2.40. The maximum atomic E-state index is 13.3. The molecule has 0 radical (unpaired) electrons. The number of benzene rings is 2. The van der Waals surface area contributed by atoms with Gasteiger partial charge in [0.25, 0.3) is 0 Å². The van der Waals surface area contributed by atoms with Crippen LogP contribution in [0.5, 0.6) is 5.75 Å². The van der Waals surface area contributed by atoms with Gasteiger partial charge in [-0.2, -0.15) is 0 Å². The van der Waals surface area contributed by atoms with Crippen molar-refractivity contribution in [1.82, 2.24) is 15.5 Å². The molecule has 2 fully saturated rings. The summed E-state index contributed by atoms with van der Waals surface area (Å²) < 4.78 is 11.2. The van der Waals surface area contributed by atoms with Gasteiger partial charge in [0.05, 0.1) is 6.61 Å². The monoisotopic (exact) mass is 437 g/mol. The number of ether oxygens (including phenoxy) is 2. The zero-order valence-corrected chi connectivity index (χ0v) is 18.5. The molecule has 3 amide bonds. The number of rotatable bonds is 6. The molecule has 0 saturated carbocycles. The van der Waals surface area contributed by atoms with Crippen molar-refractivity contribution in [3.63, 3.8) is 0 Å². The van der Waals surface area contributed by atoms with Gasteiger partial charge in [-0.3, -0.25) is 4.79 Å². The summed E-state index contributed by atoms with van der Waals surface area (Å²) in [5, 5.41) is 6.02. The van der Waals surface area contributed by atoms with Crippen LogP contribution in [0, 0.1) is 0 Å². The molecule has 2 saturated heterocycles. The molecule has 32 heavy (non-hydrogen) atoms. The van der Waals surface area contributed by atoms with Crippen molar-refractivity contribution >= 4 is 11.9 Å². The van der Waals surface area contributed by atoms with Crippen LogP contribution in [0.1, 0.15) is 36.9 Å². The standard InChI is InChI=1S/C25H31N3O4/c1-2-32-21-10-8-20(9-11-21)25(12-16-31-17-13-25)18-27-24(30)28-15-14-26-23(29)22(28)19-6-4-3-5-7-19/h3-11,22H,2,12-18H2,1H3,(H,26,29)(H,27,30). The molecule has 2 aromatic carbocycles. The van der Waals surface area contributed by atoms with Gasteiger partial charge in [0, 0.05) is 38.3 Å². The van der Waals surface area contributed by atoms with E-state index in [1.54, 1.807) is 4.90 Å². The quantitative estimate of drug-likeness (QED) is 0.728. The number of nitrogens with one attached hydrogen (secondary N) is 2. The normalized spacial score (nSPS) is 20.3. The smallest absolute Gasteiger partial charge is 0.318 e. The van der Waals surface area contributed by atoms with Crippen molar-refractivity contribution in [2.45, 2.75) is 31.2 Å². The van der Waals surface area contributed by atoms with Gasteiger partial charge in [0.1, 0.15) is 11.8 Å². The van der Waals surface area contributed by atoms with Crippen molar-refractivity contribution in [3.05, 3.63) is 65.7 Å². The summed E-state index contributed by atoms with van der Waals surface area (Å²) in [6.45, 7) is 5.31. The van der Waals surface area contributed by atoms with Crippen molar-refractivity contribution in [2.24, 2.45) is 0 Å². The maximum absolute atomic E-state index is 13.3. The lowest BCUT2D eigenvalue weighted by Crippen LogP contribution is -2.56. The Kier molecular flexibility index (Phi) is 6.95. The zero-order chi connectivity index (χ0) is 22.4. The predicted molar refractivity (Wildman–Crippen MR) is 122 cm³/mol. The highest BCUT2D eigenvalue weighted by atomic mass is 16.5. The molecule has 170 valence electrons. The van der Waals surface area contributed by atoms with E-state index < -0.39 is 6.04 Å². The van der Waals surface area contributed by atoms with Gasteiger partial charge >= 0.3 is 6.03 Å². The molecule has 0 bridgehead atoms. The second kappa shape index (κ2) is 10.0. The van der Waals surface area contributed by atoms with Crippen LogP contribution < -0.4 is 15.4 Å². The Labute approximate surface area is 189 Å². The third-order valence-electron chi connectivity index (χ3n) is 6.39. The fraction of sp³-hybridized carbons (Fsp3) is 0.440. The summed E-state index contributed by atoms with van der Waals surface area (Å²) in [6.07, 6.45) is 1.65. The van der Waals surface area contributed by atoms with E-state index in [9.17, 15) is 9.59 Å². The molecule has 0 spiro atoms. The first-order valence-corrected chi connectivity index (χ1v) is 11.3. The zero-order valence-electron chi connectivity index (χ0n) is 18.5. The highest BCUT2D eigenvalue weighted by Crippen LogP contribution is 2.35. The lowest BCUT2D eigenvalue weighted by atomic mass is 9.74. The minimum atomic E-state index is -0.624. The summed E-state index contributed by atoms with van der Waals surface area (Å²) in [6, 6.07) is 16.7. The van der Waals surface area contributed by atoms with Crippen molar-refractivity contribution in [1.29, 1.82) is 0 Å². The van der Waals surface area contributed by atoms with Gasteiger partial charge < -0.3 is 25.0 Å². The van der Waals surface area contributed by atoms with Gasteiger partial charge in [-0.25, -0.2) is 4.79 Å². The van der Waals surface area contributed by atoms with E-state index >= 15 is 0 Å². The number of hydrogen-bond donors (Lipinski definition) is 2.